The van der Waals surface area contributed by atoms with Gasteiger partial charge in [0.05, 0.1) is 12.6 Å². The van der Waals surface area contributed by atoms with E-state index < -0.39 is 11.8 Å². The maximum absolute atomic E-state index is 13.1. The van der Waals surface area contributed by atoms with Gasteiger partial charge in [0.1, 0.15) is 0 Å². The van der Waals surface area contributed by atoms with Crippen LogP contribution < -0.4 is 15.8 Å². The molecule has 0 radical (unpaired) electrons. The third-order valence-electron chi connectivity index (χ3n) is 5.46. The lowest BCUT2D eigenvalue weighted by Crippen LogP contribution is -2.62. The predicted molar refractivity (Wildman–Crippen MR) is 113 cm³/mol. The van der Waals surface area contributed by atoms with Gasteiger partial charge in [-0.05, 0) is 54.7 Å². The van der Waals surface area contributed by atoms with Gasteiger partial charge in [-0.2, -0.15) is 4.79 Å². The van der Waals surface area contributed by atoms with E-state index in [1.807, 2.05) is 44.2 Å². The molecule has 1 aromatic heterocycles. The first-order chi connectivity index (χ1) is 14.5. The Morgan fingerprint density at radius 3 is 2.53 bits per heavy atom. The molecule has 1 aliphatic rings. The number of Topliss-reactive ketones (excluding diaryl/α,β-unsaturated/α-hetero) is 1. The molecule has 0 atom stereocenters. The highest BCUT2D eigenvalue weighted by atomic mass is 16.4. The number of hydrogen-bond acceptors (Lipinski definition) is 4. The highest BCUT2D eigenvalue weighted by Crippen LogP contribution is 2.17. The van der Waals surface area contributed by atoms with Gasteiger partial charge >= 0.3 is 17.7 Å². The van der Waals surface area contributed by atoms with Crippen LogP contribution in [0.15, 0.2) is 39.5 Å². The topological polar surface area (TPSA) is 85.2 Å². The second-order valence-electron chi connectivity index (χ2n) is 8.50. The summed E-state index contributed by atoms with van der Waals surface area (Å²) in [5.41, 5.74) is 1.16. The lowest BCUT2D eigenvalue weighted by molar-refractivity contribution is -0.669. The van der Waals surface area contributed by atoms with Gasteiger partial charge in [-0.15, -0.1) is 4.68 Å². The molecule has 1 heterocycles. The number of rotatable bonds is 8. The number of amides is 1. The first-order valence-electron chi connectivity index (χ1n) is 11.0. The van der Waals surface area contributed by atoms with Gasteiger partial charge in [-0.25, -0.2) is 10.1 Å². The third kappa shape index (κ3) is 5.68. The Morgan fingerprint density at radius 1 is 1.17 bits per heavy atom. The van der Waals surface area contributed by atoms with Crippen molar-refractivity contribution < 1.29 is 18.7 Å². The van der Waals surface area contributed by atoms with Crippen molar-refractivity contribution >= 4 is 11.8 Å². The smallest absolute Gasteiger partial charge is 0.366 e. The van der Waals surface area contributed by atoms with E-state index in [0.29, 0.717) is 13.0 Å². The third-order valence-corrected chi connectivity index (χ3v) is 5.46. The van der Waals surface area contributed by atoms with Crippen molar-refractivity contribution in [1.82, 2.24) is 10.00 Å². The van der Waals surface area contributed by atoms with Gasteiger partial charge in [0.25, 0.3) is 0 Å². The molecule has 1 saturated carbocycles. The van der Waals surface area contributed by atoms with Crippen molar-refractivity contribution in [2.75, 3.05) is 0 Å². The minimum atomic E-state index is -0.672. The number of hydrogen-bond donors (Lipinski definition) is 1. The maximum Gasteiger partial charge on any atom is 0.518 e. The molecule has 1 amide bonds. The van der Waals surface area contributed by atoms with Gasteiger partial charge < -0.3 is 4.42 Å². The van der Waals surface area contributed by atoms with Crippen molar-refractivity contribution in [2.24, 2.45) is 5.92 Å². The van der Waals surface area contributed by atoms with E-state index in [1.165, 1.54) is 11.1 Å². The molecule has 1 aromatic carbocycles. The van der Waals surface area contributed by atoms with Crippen LogP contribution in [0.5, 0.6) is 0 Å². The summed E-state index contributed by atoms with van der Waals surface area (Å²) in [7, 11) is 0. The number of carbonyl (C=O) groups excluding carboxylic acids is 2. The molecule has 0 spiro atoms. The largest absolute Gasteiger partial charge is 0.518 e. The first kappa shape index (κ1) is 22.0. The molecular formula is C23H32N3O4+. The Bertz CT molecular complexity index is 908. The number of aryl methyl sites for hydroxylation is 1. The molecule has 7 nitrogen and oxygen atoms in total. The van der Waals surface area contributed by atoms with Crippen molar-refractivity contribution in [3.8, 4) is 0 Å². The highest BCUT2D eigenvalue weighted by molar-refractivity contribution is 5.91. The summed E-state index contributed by atoms with van der Waals surface area (Å²) < 4.78 is 7.67. The molecular weight excluding hydrogens is 382 g/mol. The minimum Gasteiger partial charge on any atom is -0.366 e. The molecule has 7 heteroatoms. The molecule has 1 aliphatic carbocycles. The number of ketones is 1. The van der Waals surface area contributed by atoms with Crippen LogP contribution in [0.2, 0.25) is 0 Å². The van der Waals surface area contributed by atoms with Crippen LogP contribution >= 0.6 is 0 Å². The van der Waals surface area contributed by atoms with Crippen LogP contribution in [0.25, 0.3) is 0 Å². The number of benzene rings is 1. The van der Waals surface area contributed by atoms with Gasteiger partial charge in [0.2, 0.25) is 5.78 Å². The number of aromatic nitrogens is 2. The number of nitrogens with one attached hydrogen (secondary N) is 1. The Balaban J connectivity index is 1.82. The van der Waals surface area contributed by atoms with Gasteiger partial charge in [-0.1, -0.05) is 50.6 Å². The van der Waals surface area contributed by atoms with Crippen molar-refractivity contribution in [1.29, 1.82) is 0 Å². The summed E-state index contributed by atoms with van der Waals surface area (Å²) in [6.45, 7) is 4.13. The normalized spacial score (nSPS) is 14.8. The molecule has 0 bridgehead atoms. The second-order valence-corrected chi connectivity index (χ2v) is 8.50. The fourth-order valence-electron chi connectivity index (χ4n) is 3.96. The SMILES string of the molecule is CC(C)CC(=O)c1oc(=O)n(CCCc2ccccc2)[n+]1C(=O)NC1CCCCC1. The van der Waals surface area contributed by atoms with E-state index in [1.54, 1.807) is 0 Å². The summed E-state index contributed by atoms with van der Waals surface area (Å²) in [5.74, 6) is -1.09. The number of nitrogens with zero attached hydrogens (tertiary/aromatic N) is 2. The van der Waals surface area contributed by atoms with Crippen LogP contribution in [0.4, 0.5) is 4.79 Å². The Hall–Kier alpha value is -2.70. The molecule has 30 heavy (non-hydrogen) atoms. The molecule has 1 N–H and O–H groups in total. The van der Waals surface area contributed by atoms with E-state index >= 15 is 0 Å². The van der Waals surface area contributed by atoms with E-state index in [4.69, 9.17) is 4.42 Å². The summed E-state index contributed by atoms with van der Waals surface area (Å²) in [4.78, 5) is 38.3. The Labute approximate surface area is 177 Å². The Morgan fingerprint density at radius 2 is 1.87 bits per heavy atom. The van der Waals surface area contributed by atoms with Gasteiger partial charge in [0, 0.05) is 6.42 Å². The molecule has 162 valence electrons. The Kier molecular flexibility index (Phi) is 7.60. The average molecular weight is 415 g/mol. The maximum atomic E-state index is 13.1. The zero-order valence-corrected chi connectivity index (χ0v) is 17.9. The standard InChI is InChI=1S/C23H31N3O4/c1-17(2)16-20(27)21-26(22(28)24-19-13-7-4-8-14-19)25(23(29)30-21)15-9-12-18-10-5-3-6-11-18/h3,5-6,10-11,17,19H,4,7-9,12-16H2,1-2H3/p+1. The zero-order chi connectivity index (χ0) is 21.5. The van der Waals surface area contributed by atoms with E-state index in [9.17, 15) is 14.4 Å². The quantitative estimate of drug-likeness (QED) is 0.529. The van der Waals surface area contributed by atoms with E-state index in [-0.39, 0.29) is 30.1 Å². The van der Waals surface area contributed by atoms with E-state index in [0.717, 1.165) is 42.3 Å². The lowest BCUT2D eigenvalue weighted by Gasteiger charge is -2.18. The minimum absolute atomic E-state index is 0.0644. The van der Waals surface area contributed by atoms with Crippen LogP contribution in [0, 0.1) is 5.92 Å². The second kappa shape index (κ2) is 10.4. The predicted octanol–water partition coefficient (Wildman–Crippen LogP) is 3.48. The molecule has 0 aliphatic heterocycles. The fraction of sp³-hybridized carbons (Fsp3) is 0.565. The van der Waals surface area contributed by atoms with E-state index in [2.05, 4.69) is 5.32 Å². The van der Waals surface area contributed by atoms with Crippen molar-refractivity contribution in [3.05, 3.63) is 52.3 Å². The molecule has 2 aromatic rings. The lowest BCUT2D eigenvalue weighted by atomic mass is 9.96. The summed E-state index contributed by atoms with van der Waals surface area (Å²) >= 11 is 0. The van der Waals surface area contributed by atoms with Crippen LogP contribution in [-0.4, -0.2) is 22.5 Å². The van der Waals surface area contributed by atoms with Gasteiger partial charge in [0.15, 0.2) is 0 Å². The highest BCUT2D eigenvalue weighted by Gasteiger charge is 2.35. The van der Waals surface area contributed by atoms with Crippen molar-refractivity contribution in [3.63, 3.8) is 0 Å². The van der Waals surface area contributed by atoms with Crippen LogP contribution in [-0.2, 0) is 13.0 Å². The summed E-state index contributed by atoms with van der Waals surface area (Å²) in [6.07, 6.45) is 6.78. The molecule has 0 unspecified atom stereocenters. The molecule has 3 rings (SSSR count). The zero-order valence-electron chi connectivity index (χ0n) is 17.9. The van der Waals surface area contributed by atoms with Gasteiger partial charge in [-0.3, -0.25) is 4.79 Å². The summed E-state index contributed by atoms with van der Waals surface area (Å²) in [5, 5.41) is 3.00. The fourth-order valence-corrected chi connectivity index (χ4v) is 3.96. The average Bonchev–Trinajstić information content (AvgIpc) is 3.06. The summed E-state index contributed by atoms with van der Waals surface area (Å²) in [6, 6.07) is 9.56. The monoisotopic (exact) mass is 414 g/mol. The van der Waals surface area contributed by atoms with Crippen LogP contribution in [0.3, 0.4) is 0 Å². The molecule has 1 fully saturated rings. The number of carbonyl (C=O) groups is 2. The first-order valence-corrected chi connectivity index (χ1v) is 11.0. The van der Waals surface area contributed by atoms with Crippen molar-refractivity contribution in [2.45, 2.75) is 77.8 Å². The van der Waals surface area contributed by atoms with Crippen LogP contribution in [0.1, 0.15) is 75.0 Å². The molecule has 0 saturated heterocycles.